The third kappa shape index (κ3) is 4.04. The minimum atomic E-state index is -1.00. The first kappa shape index (κ1) is 15.5. The standard InChI is InChI=1S/C9H6O2.C8H9NO2/c10-9-6-5-7-3-1-2-4-8(7)11-9;9-7(8(10)11)6-4-2-1-3-5-6/h1-6H;1-5,7H,9H2,(H,10,11). The molecule has 0 spiro atoms. The van der Waals surface area contributed by atoms with Crippen LogP contribution < -0.4 is 11.4 Å². The second-order valence-corrected chi connectivity index (χ2v) is 4.52. The predicted octanol–water partition coefficient (Wildman–Crippen LogP) is 2.56. The fourth-order valence-electron chi connectivity index (χ4n) is 1.81. The van der Waals surface area contributed by atoms with Crippen molar-refractivity contribution in [2.24, 2.45) is 5.73 Å². The van der Waals surface area contributed by atoms with E-state index in [9.17, 15) is 9.59 Å². The van der Waals surface area contributed by atoms with Crippen molar-refractivity contribution in [2.45, 2.75) is 6.04 Å². The molecular weight excluding hydrogens is 282 g/mol. The topological polar surface area (TPSA) is 93.5 Å². The molecule has 0 saturated heterocycles. The first-order valence-corrected chi connectivity index (χ1v) is 6.60. The maximum absolute atomic E-state index is 10.7. The van der Waals surface area contributed by atoms with E-state index >= 15 is 0 Å². The Labute approximate surface area is 126 Å². The van der Waals surface area contributed by atoms with Gasteiger partial charge in [0.25, 0.3) is 0 Å². The van der Waals surface area contributed by atoms with Crippen molar-refractivity contribution in [3.8, 4) is 0 Å². The van der Waals surface area contributed by atoms with Crippen LogP contribution >= 0.6 is 0 Å². The van der Waals surface area contributed by atoms with Crippen molar-refractivity contribution in [2.75, 3.05) is 0 Å². The summed E-state index contributed by atoms with van der Waals surface area (Å²) in [5, 5.41) is 9.46. The lowest BCUT2D eigenvalue weighted by molar-refractivity contribution is -0.138. The Kier molecular flexibility index (Phi) is 5.06. The van der Waals surface area contributed by atoms with E-state index in [4.69, 9.17) is 15.3 Å². The smallest absolute Gasteiger partial charge is 0.336 e. The quantitative estimate of drug-likeness (QED) is 0.709. The molecule has 1 aromatic heterocycles. The fourth-order valence-corrected chi connectivity index (χ4v) is 1.81. The number of fused-ring (bicyclic) bond motifs is 1. The van der Waals surface area contributed by atoms with Crippen LogP contribution in [0.25, 0.3) is 11.0 Å². The van der Waals surface area contributed by atoms with E-state index in [1.54, 1.807) is 36.4 Å². The van der Waals surface area contributed by atoms with Crippen LogP contribution in [0.1, 0.15) is 11.6 Å². The van der Waals surface area contributed by atoms with Crippen molar-refractivity contribution in [1.82, 2.24) is 0 Å². The van der Waals surface area contributed by atoms with Gasteiger partial charge in [0.15, 0.2) is 0 Å². The normalized spacial score (nSPS) is 11.3. The zero-order valence-electron chi connectivity index (χ0n) is 11.7. The van der Waals surface area contributed by atoms with E-state index in [-0.39, 0.29) is 5.63 Å². The van der Waals surface area contributed by atoms with Gasteiger partial charge >= 0.3 is 11.6 Å². The molecule has 5 heteroatoms. The van der Waals surface area contributed by atoms with Gasteiger partial charge in [0.2, 0.25) is 0 Å². The van der Waals surface area contributed by atoms with Crippen LogP contribution in [-0.4, -0.2) is 11.1 Å². The Morgan fingerprint density at radius 2 is 1.59 bits per heavy atom. The summed E-state index contributed by atoms with van der Waals surface area (Å²) >= 11 is 0. The molecule has 1 unspecified atom stereocenters. The van der Waals surface area contributed by atoms with Gasteiger partial charge in [-0.1, -0.05) is 48.5 Å². The molecule has 0 fully saturated rings. The molecule has 1 heterocycles. The molecule has 0 saturated carbocycles. The summed E-state index contributed by atoms with van der Waals surface area (Å²) in [4.78, 5) is 21.1. The number of aliphatic carboxylic acids is 1. The third-order valence-corrected chi connectivity index (χ3v) is 2.95. The Morgan fingerprint density at radius 1 is 0.955 bits per heavy atom. The van der Waals surface area contributed by atoms with Crippen LogP contribution in [0.2, 0.25) is 0 Å². The van der Waals surface area contributed by atoms with Gasteiger partial charge < -0.3 is 15.3 Å². The van der Waals surface area contributed by atoms with Crippen molar-refractivity contribution in [1.29, 1.82) is 0 Å². The summed E-state index contributed by atoms with van der Waals surface area (Å²) < 4.78 is 4.91. The minimum absolute atomic E-state index is 0.302. The zero-order valence-corrected chi connectivity index (χ0v) is 11.7. The summed E-state index contributed by atoms with van der Waals surface area (Å²) in [7, 11) is 0. The van der Waals surface area contributed by atoms with Crippen LogP contribution in [0.3, 0.4) is 0 Å². The van der Waals surface area contributed by atoms with Gasteiger partial charge in [0.1, 0.15) is 11.6 Å². The molecule has 5 nitrogen and oxygen atoms in total. The van der Waals surface area contributed by atoms with Crippen LogP contribution in [0.5, 0.6) is 0 Å². The highest BCUT2D eigenvalue weighted by Crippen LogP contribution is 2.09. The van der Waals surface area contributed by atoms with Crippen molar-refractivity contribution >= 4 is 16.9 Å². The average molecular weight is 297 g/mol. The van der Waals surface area contributed by atoms with Crippen LogP contribution in [0.4, 0.5) is 0 Å². The number of hydrogen-bond donors (Lipinski definition) is 2. The molecule has 0 aliphatic carbocycles. The van der Waals surface area contributed by atoms with E-state index in [1.165, 1.54) is 6.07 Å². The van der Waals surface area contributed by atoms with Crippen LogP contribution in [-0.2, 0) is 4.79 Å². The van der Waals surface area contributed by atoms with E-state index in [0.29, 0.717) is 11.1 Å². The summed E-state index contributed by atoms with van der Waals surface area (Å²) in [6.45, 7) is 0. The van der Waals surface area contributed by atoms with Crippen molar-refractivity contribution < 1.29 is 14.3 Å². The number of carbonyl (C=O) groups is 1. The van der Waals surface area contributed by atoms with E-state index in [1.807, 2.05) is 24.3 Å². The third-order valence-electron chi connectivity index (χ3n) is 2.95. The number of benzene rings is 2. The molecule has 0 amide bonds. The first-order valence-electron chi connectivity index (χ1n) is 6.60. The second-order valence-electron chi connectivity index (χ2n) is 4.52. The van der Waals surface area contributed by atoms with Gasteiger partial charge in [-0.25, -0.2) is 4.79 Å². The zero-order chi connectivity index (χ0) is 15.9. The van der Waals surface area contributed by atoms with Gasteiger partial charge in [-0.05, 0) is 17.7 Å². The number of carboxylic acids is 1. The van der Waals surface area contributed by atoms with Crippen LogP contribution in [0.15, 0.2) is 75.9 Å². The SMILES string of the molecule is NC(C(=O)O)c1ccccc1.O=c1ccc2ccccc2o1. The fraction of sp³-hybridized carbons (Fsp3) is 0.0588. The summed E-state index contributed by atoms with van der Waals surface area (Å²) in [5.74, 6) is -1.00. The molecule has 22 heavy (non-hydrogen) atoms. The lowest BCUT2D eigenvalue weighted by Gasteiger charge is -2.04. The van der Waals surface area contributed by atoms with Crippen molar-refractivity contribution in [3.63, 3.8) is 0 Å². The molecule has 112 valence electrons. The molecule has 1 atom stereocenters. The predicted molar refractivity (Wildman–Crippen MR) is 83.5 cm³/mol. The molecule has 3 N–H and O–H groups in total. The average Bonchev–Trinajstić information content (AvgIpc) is 2.55. The number of nitrogens with two attached hydrogens (primary N) is 1. The second kappa shape index (κ2) is 7.19. The highest BCUT2D eigenvalue weighted by molar-refractivity contribution is 5.76. The van der Waals surface area contributed by atoms with E-state index in [0.717, 1.165) is 5.39 Å². The molecule has 3 rings (SSSR count). The van der Waals surface area contributed by atoms with Gasteiger partial charge in [0.05, 0.1) is 0 Å². The van der Waals surface area contributed by atoms with Crippen molar-refractivity contribution in [3.05, 3.63) is 82.7 Å². The molecule has 0 radical (unpaired) electrons. The molecule has 0 aliphatic rings. The summed E-state index contributed by atoms with van der Waals surface area (Å²) in [6.07, 6.45) is 0. The maximum atomic E-state index is 10.7. The minimum Gasteiger partial charge on any atom is -0.480 e. The van der Waals surface area contributed by atoms with Gasteiger partial charge in [-0.2, -0.15) is 0 Å². The number of hydrogen-bond acceptors (Lipinski definition) is 4. The molecule has 0 aliphatic heterocycles. The van der Waals surface area contributed by atoms with Gasteiger partial charge in [-0.3, -0.25) is 4.79 Å². The largest absolute Gasteiger partial charge is 0.480 e. The highest BCUT2D eigenvalue weighted by atomic mass is 16.4. The van der Waals surface area contributed by atoms with Gasteiger partial charge in [-0.15, -0.1) is 0 Å². The molecule has 0 bridgehead atoms. The first-order chi connectivity index (χ1) is 10.6. The molecule has 3 aromatic rings. The van der Waals surface area contributed by atoms with Crippen LogP contribution in [0, 0.1) is 0 Å². The Hall–Kier alpha value is -2.92. The van der Waals surface area contributed by atoms with E-state index < -0.39 is 12.0 Å². The number of rotatable bonds is 2. The van der Waals surface area contributed by atoms with E-state index in [2.05, 4.69) is 0 Å². The monoisotopic (exact) mass is 297 g/mol. The summed E-state index contributed by atoms with van der Waals surface area (Å²) in [5.41, 5.74) is 6.30. The highest BCUT2D eigenvalue weighted by Gasteiger charge is 2.12. The Morgan fingerprint density at radius 3 is 2.27 bits per heavy atom. The lowest BCUT2D eigenvalue weighted by atomic mass is 10.1. The lowest BCUT2D eigenvalue weighted by Crippen LogP contribution is -2.20. The Bertz CT molecular complexity index is 811. The van der Waals surface area contributed by atoms with Gasteiger partial charge in [0, 0.05) is 11.5 Å². The molecule has 2 aromatic carbocycles. The number of carboxylic acid groups (broad SMARTS) is 1. The summed E-state index contributed by atoms with van der Waals surface area (Å²) in [6, 6.07) is 18.4. The number of para-hydroxylation sites is 1. The Balaban J connectivity index is 0.000000160. The molecular formula is C17H15NO4. The maximum Gasteiger partial charge on any atom is 0.336 e.